The van der Waals surface area contributed by atoms with Crippen molar-refractivity contribution in [3.05, 3.63) is 87.8 Å². The first-order valence-corrected chi connectivity index (χ1v) is 12.4. The number of carboxylic acid groups (broad SMARTS) is 1. The summed E-state index contributed by atoms with van der Waals surface area (Å²) in [4.78, 5) is 23.3. The van der Waals surface area contributed by atoms with Crippen LogP contribution in [0.4, 0.5) is 5.95 Å². The molecule has 1 fully saturated rings. The first-order valence-electron chi connectivity index (χ1n) is 11.7. The number of carbonyl (C=O) groups is 1. The molecule has 1 aliphatic rings. The summed E-state index contributed by atoms with van der Waals surface area (Å²) in [7, 11) is 2.06. The number of aromatic carboxylic acids is 1. The van der Waals surface area contributed by atoms with E-state index in [4.69, 9.17) is 4.98 Å². The molecule has 5 rings (SSSR count). The van der Waals surface area contributed by atoms with Crippen LogP contribution in [-0.2, 0) is 19.9 Å². The Morgan fingerprint density at radius 1 is 1.15 bits per heavy atom. The van der Waals surface area contributed by atoms with E-state index in [-0.39, 0.29) is 11.6 Å². The molecular weight excluding hydrogens is 492 g/mol. The molecule has 3 heterocycles. The third kappa shape index (κ3) is 4.44. The summed E-state index contributed by atoms with van der Waals surface area (Å²) in [5, 5.41) is 11.0. The van der Waals surface area contributed by atoms with E-state index in [1.54, 1.807) is 0 Å². The number of fused-ring (bicyclic) bond motifs is 1. The van der Waals surface area contributed by atoms with Crippen LogP contribution in [0.15, 0.2) is 65.4 Å². The Morgan fingerprint density at radius 2 is 1.94 bits per heavy atom. The van der Waals surface area contributed by atoms with Crippen LogP contribution in [0, 0.1) is 0 Å². The summed E-state index contributed by atoms with van der Waals surface area (Å²) in [5.41, 5.74) is 4.52. The SMILES string of the molecule is Cn1cc(CCCc2nc(N3CCCC3c3ccc(Br)cc3)ncc2C(=O)O)c2ccccc21. The van der Waals surface area contributed by atoms with Crippen LogP contribution in [0.2, 0.25) is 0 Å². The molecule has 0 saturated carbocycles. The van der Waals surface area contributed by atoms with Crippen molar-refractivity contribution < 1.29 is 9.90 Å². The maximum Gasteiger partial charge on any atom is 0.339 e. The normalized spacial score (nSPS) is 15.8. The second kappa shape index (κ2) is 9.58. The third-order valence-corrected chi connectivity index (χ3v) is 7.22. The maximum absolute atomic E-state index is 11.9. The maximum atomic E-state index is 11.9. The number of aryl methyl sites for hydroxylation is 3. The van der Waals surface area contributed by atoms with E-state index in [9.17, 15) is 9.90 Å². The van der Waals surface area contributed by atoms with E-state index in [1.165, 1.54) is 28.2 Å². The van der Waals surface area contributed by atoms with E-state index >= 15 is 0 Å². The lowest BCUT2D eigenvalue weighted by molar-refractivity contribution is 0.0694. The van der Waals surface area contributed by atoms with Gasteiger partial charge in [-0.15, -0.1) is 0 Å². The van der Waals surface area contributed by atoms with Crippen molar-refractivity contribution in [2.45, 2.75) is 38.1 Å². The lowest BCUT2D eigenvalue weighted by atomic mass is 10.0. The molecule has 7 heteroatoms. The Hall–Kier alpha value is -3.19. The highest BCUT2D eigenvalue weighted by molar-refractivity contribution is 9.10. The highest BCUT2D eigenvalue weighted by atomic mass is 79.9. The molecule has 1 unspecified atom stereocenters. The Labute approximate surface area is 207 Å². The summed E-state index contributed by atoms with van der Waals surface area (Å²) >= 11 is 3.51. The number of para-hydroxylation sites is 1. The van der Waals surface area contributed by atoms with Crippen LogP contribution in [0.3, 0.4) is 0 Å². The highest BCUT2D eigenvalue weighted by Crippen LogP contribution is 2.35. The molecule has 34 heavy (non-hydrogen) atoms. The van der Waals surface area contributed by atoms with Crippen molar-refractivity contribution in [2.75, 3.05) is 11.4 Å². The molecule has 0 amide bonds. The quantitative estimate of drug-likeness (QED) is 0.327. The minimum Gasteiger partial charge on any atom is -0.478 e. The average molecular weight is 519 g/mol. The van der Waals surface area contributed by atoms with Crippen LogP contribution in [0.25, 0.3) is 10.9 Å². The fourth-order valence-corrected chi connectivity index (χ4v) is 5.29. The Bertz CT molecular complexity index is 1330. The van der Waals surface area contributed by atoms with E-state index in [1.807, 2.05) is 6.07 Å². The van der Waals surface area contributed by atoms with Gasteiger partial charge in [0.25, 0.3) is 0 Å². The number of halogens is 1. The van der Waals surface area contributed by atoms with Gasteiger partial charge < -0.3 is 14.6 Å². The lowest BCUT2D eigenvalue weighted by Crippen LogP contribution is -2.25. The molecule has 2 aromatic carbocycles. The molecule has 0 aliphatic carbocycles. The van der Waals surface area contributed by atoms with Gasteiger partial charge in [-0.05, 0) is 61.4 Å². The van der Waals surface area contributed by atoms with Crippen LogP contribution in [-0.4, -0.2) is 32.2 Å². The summed E-state index contributed by atoms with van der Waals surface area (Å²) in [6.45, 7) is 0.864. The van der Waals surface area contributed by atoms with Gasteiger partial charge in [-0.2, -0.15) is 0 Å². The van der Waals surface area contributed by atoms with E-state index < -0.39 is 5.97 Å². The van der Waals surface area contributed by atoms with E-state index in [0.717, 1.165) is 36.7 Å². The molecule has 174 valence electrons. The molecule has 0 bridgehead atoms. The third-order valence-electron chi connectivity index (χ3n) is 6.69. The van der Waals surface area contributed by atoms with Crippen molar-refractivity contribution in [2.24, 2.45) is 7.05 Å². The van der Waals surface area contributed by atoms with Gasteiger partial charge in [-0.25, -0.2) is 14.8 Å². The van der Waals surface area contributed by atoms with Crippen LogP contribution in [0.1, 0.15) is 52.5 Å². The molecule has 2 aromatic heterocycles. The van der Waals surface area contributed by atoms with Gasteiger partial charge >= 0.3 is 5.97 Å². The van der Waals surface area contributed by atoms with Crippen molar-refractivity contribution in [1.82, 2.24) is 14.5 Å². The van der Waals surface area contributed by atoms with Crippen molar-refractivity contribution >= 4 is 38.8 Å². The smallest absolute Gasteiger partial charge is 0.339 e. The van der Waals surface area contributed by atoms with Gasteiger partial charge in [0.2, 0.25) is 5.95 Å². The first kappa shape index (κ1) is 22.6. The van der Waals surface area contributed by atoms with Crippen LogP contribution < -0.4 is 4.90 Å². The summed E-state index contributed by atoms with van der Waals surface area (Å²) in [6, 6.07) is 16.9. The molecule has 1 N–H and O–H groups in total. The highest BCUT2D eigenvalue weighted by Gasteiger charge is 2.29. The molecule has 1 atom stereocenters. The van der Waals surface area contributed by atoms with Gasteiger partial charge in [0, 0.05) is 41.4 Å². The van der Waals surface area contributed by atoms with Gasteiger partial charge in [0.1, 0.15) is 0 Å². The second-order valence-electron chi connectivity index (χ2n) is 8.87. The van der Waals surface area contributed by atoms with Crippen LogP contribution in [0.5, 0.6) is 0 Å². The monoisotopic (exact) mass is 518 g/mol. The number of benzene rings is 2. The standard InChI is InChI=1S/C27H27BrN4O2/c1-31-17-19(21-7-2-3-9-25(21)31)6-4-8-23-22(26(33)34)16-29-27(30-23)32-15-5-10-24(32)18-11-13-20(28)14-12-18/h2-3,7,9,11-14,16-17,24H,4-6,8,10,15H2,1H3,(H,33,34). The van der Waals surface area contributed by atoms with Gasteiger partial charge in [0.05, 0.1) is 17.3 Å². The summed E-state index contributed by atoms with van der Waals surface area (Å²) in [5.74, 6) is -0.354. The Kier molecular flexibility index (Phi) is 6.37. The molecule has 1 saturated heterocycles. The molecule has 1 aliphatic heterocycles. The van der Waals surface area contributed by atoms with E-state index in [2.05, 4.69) is 86.1 Å². The number of hydrogen-bond donors (Lipinski definition) is 1. The molecular formula is C27H27BrN4O2. The Morgan fingerprint density at radius 3 is 2.74 bits per heavy atom. The number of hydrogen-bond acceptors (Lipinski definition) is 4. The number of anilines is 1. The van der Waals surface area contributed by atoms with Crippen molar-refractivity contribution in [1.29, 1.82) is 0 Å². The zero-order valence-corrected chi connectivity index (χ0v) is 20.7. The minimum atomic E-state index is -0.974. The Balaban J connectivity index is 1.37. The number of nitrogens with zero attached hydrogens (tertiary/aromatic N) is 4. The number of aromatic nitrogens is 3. The zero-order valence-electron chi connectivity index (χ0n) is 19.1. The minimum absolute atomic E-state index is 0.195. The van der Waals surface area contributed by atoms with Gasteiger partial charge in [-0.3, -0.25) is 0 Å². The predicted molar refractivity (Wildman–Crippen MR) is 137 cm³/mol. The number of carboxylic acids is 1. The zero-order chi connectivity index (χ0) is 23.7. The summed E-state index contributed by atoms with van der Waals surface area (Å²) in [6.07, 6.45) is 8.02. The molecule has 0 radical (unpaired) electrons. The number of rotatable bonds is 7. The average Bonchev–Trinajstić information content (AvgIpc) is 3.45. The molecule has 0 spiro atoms. The largest absolute Gasteiger partial charge is 0.478 e. The van der Waals surface area contributed by atoms with Crippen molar-refractivity contribution in [3.8, 4) is 0 Å². The van der Waals surface area contributed by atoms with Crippen LogP contribution >= 0.6 is 15.9 Å². The van der Waals surface area contributed by atoms with Gasteiger partial charge in [-0.1, -0.05) is 46.3 Å². The predicted octanol–water partition coefficient (Wildman–Crippen LogP) is 5.95. The molecule has 6 nitrogen and oxygen atoms in total. The van der Waals surface area contributed by atoms with Crippen molar-refractivity contribution in [3.63, 3.8) is 0 Å². The summed E-state index contributed by atoms with van der Waals surface area (Å²) < 4.78 is 3.20. The van der Waals surface area contributed by atoms with Gasteiger partial charge in [0.15, 0.2) is 0 Å². The lowest BCUT2D eigenvalue weighted by Gasteiger charge is -2.25. The topological polar surface area (TPSA) is 71.2 Å². The fourth-order valence-electron chi connectivity index (χ4n) is 5.02. The molecule has 4 aromatic rings. The first-order chi connectivity index (χ1) is 16.5. The van der Waals surface area contributed by atoms with E-state index in [0.29, 0.717) is 18.1 Å². The second-order valence-corrected chi connectivity index (χ2v) is 9.79. The fraction of sp³-hybridized carbons (Fsp3) is 0.296.